The number of hydrogen-bond acceptors (Lipinski definition) is 2. The Kier molecular flexibility index (Phi) is 5.24. The Bertz CT molecular complexity index is 377. The normalized spacial score (nSPS) is 19.2. The molecule has 1 aromatic rings. The van der Waals surface area contributed by atoms with Gasteiger partial charge in [0.2, 0.25) is 0 Å². The molecule has 2 N–H and O–H groups in total. The summed E-state index contributed by atoms with van der Waals surface area (Å²) in [5, 5.41) is 4.21. The highest BCUT2D eigenvalue weighted by atomic mass is 15.3. The molecule has 0 unspecified atom stereocenters. The van der Waals surface area contributed by atoms with Gasteiger partial charge in [0.1, 0.15) is 0 Å². The Morgan fingerprint density at radius 3 is 2.68 bits per heavy atom. The summed E-state index contributed by atoms with van der Waals surface area (Å²) in [6.45, 7) is 5.96. The van der Waals surface area contributed by atoms with Gasteiger partial charge in [0.05, 0.1) is 0 Å². The summed E-state index contributed by atoms with van der Waals surface area (Å²) < 4.78 is 1.95. The summed E-state index contributed by atoms with van der Waals surface area (Å²) in [5.41, 5.74) is 6.09. The molecular weight excluding hydrogens is 238 g/mol. The van der Waals surface area contributed by atoms with Crippen molar-refractivity contribution < 1.29 is 0 Å². The monoisotopic (exact) mass is 263 g/mol. The number of likely N-dealkylation sites (tertiary alicyclic amines) is 1. The predicted octanol–water partition coefficient (Wildman–Crippen LogP) is 1.71. The van der Waals surface area contributed by atoms with E-state index in [2.05, 4.69) is 21.9 Å². The van der Waals surface area contributed by atoms with Crippen molar-refractivity contribution in [2.24, 2.45) is 16.6 Å². The van der Waals surface area contributed by atoms with E-state index in [-0.39, 0.29) is 0 Å². The third-order valence-corrected chi connectivity index (χ3v) is 3.55. The second-order valence-corrected chi connectivity index (χ2v) is 5.43. The van der Waals surface area contributed by atoms with Gasteiger partial charge in [0, 0.05) is 38.6 Å². The fraction of sp³-hybridized carbons (Fsp3) is 0.714. The Morgan fingerprint density at radius 2 is 2.05 bits per heavy atom. The molecule has 2 rings (SSSR count). The largest absolute Gasteiger partial charge is 0.370 e. The van der Waals surface area contributed by atoms with Gasteiger partial charge in [-0.3, -0.25) is 9.67 Å². The number of guanidine groups is 1. The number of nitrogens with zero attached hydrogens (tertiary/aromatic N) is 4. The quantitative estimate of drug-likeness (QED) is 0.664. The van der Waals surface area contributed by atoms with Crippen LogP contribution in [0.5, 0.6) is 0 Å². The van der Waals surface area contributed by atoms with Crippen LogP contribution >= 0.6 is 0 Å². The molecule has 0 saturated carbocycles. The molecule has 0 aliphatic carbocycles. The van der Waals surface area contributed by atoms with Crippen LogP contribution < -0.4 is 5.73 Å². The molecule has 2 heterocycles. The average molecular weight is 263 g/mol. The Balaban J connectivity index is 1.79. The van der Waals surface area contributed by atoms with Gasteiger partial charge in [0.15, 0.2) is 5.96 Å². The molecule has 0 spiro atoms. The Labute approximate surface area is 115 Å². The molecule has 5 nitrogen and oxygen atoms in total. The first-order chi connectivity index (χ1) is 9.25. The zero-order valence-electron chi connectivity index (χ0n) is 11.8. The zero-order chi connectivity index (χ0) is 13.5. The SMILES string of the molecule is C[C@@H](CN=C(N)N1CCCCCC1)Cn1cccn1. The molecule has 1 saturated heterocycles. The maximum Gasteiger partial charge on any atom is 0.191 e. The minimum Gasteiger partial charge on any atom is -0.370 e. The average Bonchev–Trinajstić information content (AvgIpc) is 2.76. The van der Waals surface area contributed by atoms with Gasteiger partial charge in [0.25, 0.3) is 0 Å². The van der Waals surface area contributed by atoms with Crippen molar-refractivity contribution >= 4 is 5.96 Å². The van der Waals surface area contributed by atoms with Crippen molar-refractivity contribution in [3.8, 4) is 0 Å². The van der Waals surface area contributed by atoms with Crippen LogP contribution in [0, 0.1) is 5.92 Å². The van der Waals surface area contributed by atoms with Crippen LogP contribution in [0.25, 0.3) is 0 Å². The summed E-state index contributed by atoms with van der Waals surface area (Å²) in [5.74, 6) is 1.17. The number of nitrogens with two attached hydrogens (primary N) is 1. The number of aromatic nitrogens is 2. The van der Waals surface area contributed by atoms with Crippen molar-refractivity contribution in [1.82, 2.24) is 14.7 Å². The lowest BCUT2D eigenvalue weighted by Crippen LogP contribution is -2.38. The first-order valence-corrected chi connectivity index (χ1v) is 7.28. The molecule has 106 valence electrons. The lowest BCUT2D eigenvalue weighted by atomic mass is 10.2. The minimum absolute atomic E-state index is 0.449. The predicted molar refractivity (Wildman–Crippen MR) is 77.9 cm³/mol. The molecule has 0 aromatic carbocycles. The van der Waals surface area contributed by atoms with E-state index in [1.54, 1.807) is 0 Å². The summed E-state index contributed by atoms with van der Waals surface area (Å²) in [6.07, 6.45) is 8.90. The van der Waals surface area contributed by atoms with Crippen LogP contribution in [-0.2, 0) is 6.54 Å². The van der Waals surface area contributed by atoms with E-state index in [4.69, 9.17) is 5.73 Å². The van der Waals surface area contributed by atoms with Gasteiger partial charge in [-0.15, -0.1) is 0 Å². The first kappa shape index (κ1) is 13.9. The van der Waals surface area contributed by atoms with E-state index in [0.29, 0.717) is 11.9 Å². The van der Waals surface area contributed by atoms with E-state index in [0.717, 1.165) is 26.2 Å². The minimum atomic E-state index is 0.449. The van der Waals surface area contributed by atoms with Crippen LogP contribution in [-0.4, -0.2) is 40.3 Å². The molecule has 0 radical (unpaired) electrons. The number of rotatable bonds is 4. The smallest absolute Gasteiger partial charge is 0.191 e. The van der Waals surface area contributed by atoms with Gasteiger partial charge >= 0.3 is 0 Å². The fourth-order valence-electron chi connectivity index (χ4n) is 2.43. The third kappa shape index (κ3) is 4.58. The van der Waals surface area contributed by atoms with Crippen LogP contribution in [0.3, 0.4) is 0 Å². The van der Waals surface area contributed by atoms with Crippen LogP contribution in [0.15, 0.2) is 23.5 Å². The van der Waals surface area contributed by atoms with Gasteiger partial charge in [-0.1, -0.05) is 19.8 Å². The Hall–Kier alpha value is -1.52. The van der Waals surface area contributed by atoms with E-state index >= 15 is 0 Å². The van der Waals surface area contributed by atoms with Crippen molar-refractivity contribution in [3.05, 3.63) is 18.5 Å². The molecule has 1 fully saturated rings. The first-order valence-electron chi connectivity index (χ1n) is 7.28. The van der Waals surface area contributed by atoms with E-state index in [1.807, 2.05) is 23.1 Å². The number of hydrogen-bond donors (Lipinski definition) is 1. The van der Waals surface area contributed by atoms with E-state index in [9.17, 15) is 0 Å². The van der Waals surface area contributed by atoms with Gasteiger partial charge in [-0.2, -0.15) is 5.10 Å². The van der Waals surface area contributed by atoms with Crippen LogP contribution in [0.2, 0.25) is 0 Å². The standard InChI is InChI=1S/C14H25N5/c1-13(12-19-10-6-7-17-19)11-16-14(15)18-8-4-2-3-5-9-18/h6-7,10,13H,2-5,8-9,11-12H2,1H3,(H2,15,16)/t13-/m0/s1. The highest BCUT2D eigenvalue weighted by Gasteiger charge is 2.11. The molecule has 0 bridgehead atoms. The van der Waals surface area contributed by atoms with E-state index in [1.165, 1.54) is 25.7 Å². The summed E-state index contributed by atoms with van der Waals surface area (Å²) in [6, 6.07) is 1.95. The zero-order valence-corrected chi connectivity index (χ0v) is 11.8. The number of aliphatic imine (C=N–C) groups is 1. The van der Waals surface area contributed by atoms with Crippen LogP contribution in [0.1, 0.15) is 32.6 Å². The van der Waals surface area contributed by atoms with Gasteiger partial charge in [-0.05, 0) is 24.8 Å². The molecule has 19 heavy (non-hydrogen) atoms. The van der Waals surface area contributed by atoms with Crippen LogP contribution in [0.4, 0.5) is 0 Å². The van der Waals surface area contributed by atoms with Crippen molar-refractivity contribution in [2.45, 2.75) is 39.2 Å². The molecule has 1 aliphatic rings. The van der Waals surface area contributed by atoms with Gasteiger partial charge in [-0.25, -0.2) is 0 Å². The highest BCUT2D eigenvalue weighted by molar-refractivity contribution is 5.78. The molecule has 1 atom stereocenters. The lowest BCUT2D eigenvalue weighted by molar-refractivity contribution is 0.420. The fourth-order valence-corrected chi connectivity index (χ4v) is 2.43. The lowest BCUT2D eigenvalue weighted by Gasteiger charge is -2.21. The van der Waals surface area contributed by atoms with Crippen molar-refractivity contribution in [2.75, 3.05) is 19.6 Å². The molecule has 1 aromatic heterocycles. The second kappa shape index (κ2) is 7.16. The second-order valence-electron chi connectivity index (χ2n) is 5.43. The third-order valence-electron chi connectivity index (χ3n) is 3.55. The summed E-state index contributed by atoms with van der Waals surface area (Å²) >= 11 is 0. The topological polar surface area (TPSA) is 59.4 Å². The molecule has 1 aliphatic heterocycles. The molecule has 5 heteroatoms. The Morgan fingerprint density at radius 1 is 1.32 bits per heavy atom. The molecular formula is C14H25N5. The maximum atomic E-state index is 6.09. The molecule has 0 amide bonds. The highest BCUT2D eigenvalue weighted by Crippen LogP contribution is 2.09. The summed E-state index contributed by atoms with van der Waals surface area (Å²) in [7, 11) is 0. The van der Waals surface area contributed by atoms with Crippen molar-refractivity contribution in [3.63, 3.8) is 0 Å². The summed E-state index contributed by atoms with van der Waals surface area (Å²) in [4.78, 5) is 6.78. The van der Waals surface area contributed by atoms with Gasteiger partial charge < -0.3 is 10.6 Å². The van der Waals surface area contributed by atoms with Crippen molar-refractivity contribution in [1.29, 1.82) is 0 Å². The maximum absolute atomic E-state index is 6.09. The van der Waals surface area contributed by atoms with E-state index < -0.39 is 0 Å².